The number of methoxy groups -OCH3 is 1. The lowest BCUT2D eigenvalue weighted by Crippen LogP contribution is -2.37. The Morgan fingerprint density at radius 2 is 1.64 bits per heavy atom. The van der Waals surface area contributed by atoms with Crippen molar-refractivity contribution in [1.29, 1.82) is 0 Å². The maximum Gasteiger partial charge on any atom is 0.295 e. The molecule has 1 saturated heterocycles. The minimum atomic E-state index is -0.704. The number of aliphatic hydroxyl groups excluding tert-OH is 1. The summed E-state index contributed by atoms with van der Waals surface area (Å²) in [6.07, 6.45) is 3.67. The fraction of sp³-hybridized carbons (Fsp3) is 0.360. The van der Waals surface area contributed by atoms with Crippen LogP contribution in [-0.2, 0) is 9.59 Å². The van der Waals surface area contributed by atoms with Gasteiger partial charge >= 0.3 is 0 Å². The Morgan fingerprint density at radius 1 is 1.06 bits per heavy atom. The van der Waals surface area contributed by atoms with Gasteiger partial charge in [0.15, 0.2) is 5.75 Å². The predicted molar refractivity (Wildman–Crippen MR) is 130 cm³/mol. The van der Waals surface area contributed by atoms with E-state index in [9.17, 15) is 14.7 Å². The highest BCUT2D eigenvalue weighted by atomic mass is 35.5. The smallest absolute Gasteiger partial charge is 0.295 e. The molecule has 0 bridgehead atoms. The highest BCUT2D eigenvalue weighted by Crippen LogP contribution is 2.45. The monoisotopic (exact) mass is 488 g/mol. The lowest BCUT2D eigenvalue weighted by atomic mass is 9.94. The number of ketones is 1. The molecule has 2 aliphatic rings. The molecule has 0 aromatic heterocycles. The number of Topliss-reactive ketones (excluding diaryl/α,β-unsaturated/α-hetero) is 1. The molecule has 1 N–H and O–H groups in total. The molecule has 174 valence electrons. The molecule has 1 unspecified atom stereocenters. The first-order valence-corrected chi connectivity index (χ1v) is 11.6. The quantitative estimate of drug-likeness (QED) is 0.345. The van der Waals surface area contributed by atoms with Gasteiger partial charge in [0.2, 0.25) is 0 Å². The summed E-state index contributed by atoms with van der Waals surface area (Å²) in [5, 5.41) is 11.7. The van der Waals surface area contributed by atoms with Gasteiger partial charge in [-0.25, -0.2) is 0 Å². The van der Waals surface area contributed by atoms with Gasteiger partial charge in [-0.1, -0.05) is 48.2 Å². The average molecular weight is 489 g/mol. The van der Waals surface area contributed by atoms with Crippen LogP contribution in [0, 0.1) is 0 Å². The summed E-state index contributed by atoms with van der Waals surface area (Å²) >= 11 is 12.5. The Bertz CT molecular complexity index is 1100. The molecular formula is C25H26Cl2N2O4. The fourth-order valence-electron chi connectivity index (χ4n) is 4.74. The van der Waals surface area contributed by atoms with Gasteiger partial charge in [-0.15, -0.1) is 0 Å². The number of halogens is 2. The van der Waals surface area contributed by atoms with E-state index in [0.29, 0.717) is 0 Å². The number of anilines is 1. The van der Waals surface area contributed by atoms with Gasteiger partial charge in [0.05, 0.1) is 28.8 Å². The Hall–Kier alpha value is -2.70. The van der Waals surface area contributed by atoms with Crippen molar-refractivity contribution in [2.45, 2.75) is 37.8 Å². The summed E-state index contributed by atoms with van der Waals surface area (Å²) in [5.41, 5.74) is 2.05. The number of ether oxygens (including phenoxy) is 1. The standard InChI is InChI=1S/C25H26Cl2N2O4/c1-28(2)16-10-8-14(9-11-16)21-20(23(31)25(32)29(21)17-6-4-5-7-17)22(30)15-12-18(26)24(33-3)19(27)13-15/h8-13,17,21,30H,4-7H2,1-3H3/b22-20+. The molecule has 2 aromatic rings. The van der Waals surface area contributed by atoms with Crippen molar-refractivity contribution in [3.8, 4) is 5.75 Å². The Morgan fingerprint density at radius 3 is 2.15 bits per heavy atom. The second kappa shape index (κ2) is 9.27. The first kappa shape index (κ1) is 23.5. The van der Waals surface area contributed by atoms with E-state index in [0.717, 1.165) is 36.9 Å². The summed E-state index contributed by atoms with van der Waals surface area (Å²) < 4.78 is 5.18. The van der Waals surface area contributed by atoms with E-state index in [1.54, 1.807) is 4.90 Å². The highest BCUT2D eigenvalue weighted by molar-refractivity contribution is 6.47. The van der Waals surface area contributed by atoms with Crippen molar-refractivity contribution in [2.24, 2.45) is 0 Å². The number of aliphatic hydroxyl groups is 1. The third kappa shape index (κ3) is 4.18. The SMILES string of the molecule is COc1c(Cl)cc(/C(O)=C2\C(=O)C(=O)N(C3CCCC3)C2c2ccc(N(C)C)cc2)cc1Cl. The van der Waals surface area contributed by atoms with Crippen molar-refractivity contribution in [3.05, 3.63) is 63.1 Å². The van der Waals surface area contributed by atoms with Gasteiger partial charge in [-0.05, 0) is 42.7 Å². The molecule has 4 rings (SSSR count). The normalized spacial score (nSPS) is 20.5. The van der Waals surface area contributed by atoms with Crippen molar-refractivity contribution in [3.63, 3.8) is 0 Å². The number of amides is 1. The van der Waals surface area contributed by atoms with E-state index in [1.807, 2.05) is 43.3 Å². The summed E-state index contributed by atoms with van der Waals surface area (Å²) in [6, 6.07) is 9.89. The van der Waals surface area contributed by atoms with E-state index in [4.69, 9.17) is 27.9 Å². The van der Waals surface area contributed by atoms with Gasteiger partial charge in [0.1, 0.15) is 5.76 Å². The van der Waals surface area contributed by atoms with Crippen molar-refractivity contribution in [1.82, 2.24) is 4.90 Å². The van der Waals surface area contributed by atoms with Crippen LogP contribution in [0.5, 0.6) is 5.75 Å². The van der Waals surface area contributed by atoms with Crippen LogP contribution in [0.3, 0.4) is 0 Å². The first-order chi connectivity index (χ1) is 15.7. The number of hydrogen-bond acceptors (Lipinski definition) is 5. The molecule has 2 fully saturated rings. The molecule has 33 heavy (non-hydrogen) atoms. The molecule has 1 aliphatic heterocycles. The maximum absolute atomic E-state index is 13.2. The van der Waals surface area contributed by atoms with Gasteiger partial charge in [0.25, 0.3) is 11.7 Å². The molecule has 1 amide bonds. The second-order valence-corrected chi connectivity index (χ2v) is 9.42. The zero-order valence-electron chi connectivity index (χ0n) is 18.8. The molecule has 1 saturated carbocycles. The van der Waals surface area contributed by atoms with E-state index in [2.05, 4.69) is 0 Å². The summed E-state index contributed by atoms with van der Waals surface area (Å²) in [5.74, 6) is -1.32. The third-order valence-corrected chi connectivity index (χ3v) is 6.96. The first-order valence-electron chi connectivity index (χ1n) is 10.9. The Kier molecular flexibility index (Phi) is 6.59. The summed E-state index contributed by atoms with van der Waals surface area (Å²) in [4.78, 5) is 30.0. The number of likely N-dealkylation sites (tertiary alicyclic amines) is 1. The van der Waals surface area contributed by atoms with Crippen LogP contribution in [0.1, 0.15) is 42.9 Å². The maximum atomic E-state index is 13.2. The number of benzene rings is 2. The van der Waals surface area contributed by atoms with E-state index in [1.165, 1.54) is 19.2 Å². The van der Waals surface area contributed by atoms with Crippen molar-refractivity contribution < 1.29 is 19.4 Å². The zero-order valence-corrected chi connectivity index (χ0v) is 20.3. The third-order valence-electron chi connectivity index (χ3n) is 6.40. The number of nitrogens with zero attached hydrogens (tertiary/aromatic N) is 2. The largest absolute Gasteiger partial charge is 0.507 e. The molecule has 1 aliphatic carbocycles. The van der Waals surface area contributed by atoms with Gasteiger partial charge in [-0.2, -0.15) is 0 Å². The highest BCUT2D eigenvalue weighted by Gasteiger charge is 2.49. The predicted octanol–water partition coefficient (Wildman–Crippen LogP) is 5.43. The fourth-order valence-corrected chi connectivity index (χ4v) is 5.38. The van der Waals surface area contributed by atoms with E-state index < -0.39 is 17.7 Å². The number of carbonyl (C=O) groups excluding carboxylic acids is 2. The summed E-state index contributed by atoms with van der Waals surface area (Å²) in [7, 11) is 5.32. The van der Waals surface area contributed by atoms with Crippen LogP contribution in [0.2, 0.25) is 10.0 Å². The Labute approximate surface area is 203 Å². The van der Waals surface area contributed by atoms with Crippen LogP contribution >= 0.6 is 23.2 Å². The molecule has 8 heteroatoms. The molecular weight excluding hydrogens is 463 g/mol. The molecule has 1 heterocycles. The van der Waals surface area contributed by atoms with Crippen LogP contribution < -0.4 is 9.64 Å². The average Bonchev–Trinajstić information content (AvgIpc) is 3.40. The van der Waals surface area contributed by atoms with Gasteiger partial charge in [0, 0.05) is 31.4 Å². The Balaban J connectivity index is 1.88. The number of carbonyl (C=O) groups is 2. The van der Waals surface area contributed by atoms with Crippen LogP contribution in [0.25, 0.3) is 5.76 Å². The molecule has 2 aromatic carbocycles. The number of hydrogen-bond donors (Lipinski definition) is 1. The van der Waals surface area contributed by atoms with Crippen molar-refractivity contribution in [2.75, 3.05) is 26.1 Å². The van der Waals surface area contributed by atoms with Gasteiger partial charge in [-0.3, -0.25) is 9.59 Å². The zero-order chi connectivity index (χ0) is 23.9. The van der Waals surface area contributed by atoms with Crippen LogP contribution in [0.15, 0.2) is 42.0 Å². The van der Waals surface area contributed by atoms with Crippen LogP contribution in [0.4, 0.5) is 5.69 Å². The van der Waals surface area contributed by atoms with E-state index in [-0.39, 0.29) is 38.7 Å². The molecule has 6 nitrogen and oxygen atoms in total. The number of rotatable bonds is 5. The molecule has 0 spiro atoms. The lowest BCUT2D eigenvalue weighted by Gasteiger charge is -2.31. The second-order valence-electron chi connectivity index (χ2n) is 8.60. The minimum Gasteiger partial charge on any atom is -0.507 e. The van der Waals surface area contributed by atoms with Crippen molar-refractivity contribution >= 4 is 46.3 Å². The molecule has 1 atom stereocenters. The minimum absolute atomic E-state index is 0.0433. The van der Waals surface area contributed by atoms with Crippen LogP contribution in [-0.4, -0.2) is 48.9 Å². The summed E-state index contributed by atoms with van der Waals surface area (Å²) in [6.45, 7) is 0. The molecule has 0 radical (unpaired) electrons. The van der Waals surface area contributed by atoms with E-state index >= 15 is 0 Å². The van der Waals surface area contributed by atoms with Gasteiger partial charge < -0.3 is 19.6 Å². The lowest BCUT2D eigenvalue weighted by molar-refractivity contribution is -0.141. The topological polar surface area (TPSA) is 70.1 Å².